The number of amides is 1. The second kappa shape index (κ2) is 9.56. The first kappa shape index (κ1) is 22.1. The van der Waals surface area contributed by atoms with Gasteiger partial charge < -0.3 is 4.90 Å². The summed E-state index contributed by atoms with van der Waals surface area (Å²) in [6.45, 7) is 7.82. The van der Waals surface area contributed by atoms with Crippen LogP contribution < -0.4 is 5.56 Å². The monoisotopic (exact) mass is 449 g/mol. The first-order valence-electron chi connectivity index (χ1n) is 11.0. The molecule has 4 aromatic rings. The van der Waals surface area contributed by atoms with E-state index < -0.39 is 5.25 Å². The molecule has 1 amide bonds. The minimum atomic E-state index is -0.464. The highest BCUT2D eigenvalue weighted by atomic mass is 32.2. The molecule has 8 heteroatoms. The fourth-order valence-corrected chi connectivity index (χ4v) is 5.06. The Bertz CT molecular complexity index is 1290. The molecule has 7 nitrogen and oxygen atoms in total. The average Bonchev–Trinajstić information content (AvgIpc) is 3.25. The number of carbonyl (C=O) groups excluding carboxylic acids is 1. The van der Waals surface area contributed by atoms with Crippen molar-refractivity contribution in [1.82, 2.24) is 24.1 Å². The van der Waals surface area contributed by atoms with Gasteiger partial charge in [0.05, 0.1) is 10.9 Å². The van der Waals surface area contributed by atoms with E-state index in [1.807, 2.05) is 84.7 Å². The van der Waals surface area contributed by atoms with Gasteiger partial charge >= 0.3 is 0 Å². The minimum Gasteiger partial charge on any atom is -0.342 e. The number of aromatic nitrogens is 4. The van der Waals surface area contributed by atoms with Gasteiger partial charge in [-0.3, -0.25) is 18.6 Å². The van der Waals surface area contributed by atoms with E-state index in [0.29, 0.717) is 36.0 Å². The molecule has 2 aromatic carbocycles. The van der Waals surface area contributed by atoms with Crippen molar-refractivity contribution in [3.05, 3.63) is 70.5 Å². The summed E-state index contributed by atoms with van der Waals surface area (Å²) < 4.78 is 3.58. The molecule has 0 fully saturated rings. The fraction of sp³-hybridized carbons (Fsp3) is 0.333. The number of nitrogens with zero attached hydrogens (tertiary/aromatic N) is 5. The number of thioether (sulfide) groups is 1. The highest BCUT2D eigenvalue weighted by molar-refractivity contribution is 8.00. The number of benzene rings is 2. The Hall–Kier alpha value is -3.13. The summed E-state index contributed by atoms with van der Waals surface area (Å²) >= 11 is 1.38. The van der Waals surface area contributed by atoms with Crippen LogP contribution in [0.2, 0.25) is 0 Å². The topological polar surface area (TPSA) is 72.5 Å². The second-order valence-electron chi connectivity index (χ2n) is 7.51. The van der Waals surface area contributed by atoms with E-state index in [9.17, 15) is 9.59 Å². The zero-order chi connectivity index (χ0) is 22.7. The van der Waals surface area contributed by atoms with Crippen LogP contribution in [0, 0.1) is 0 Å². The number of hydrogen-bond donors (Lipinski definition) is 0. The maximum absolute atomic E-state index is 13.4. The van der Waals surface area contributed by atoms with Crippen molar-refractivity contribution in [3.8, 4) is 0 Å². The highest BCUT2D eigenvalue weighted by Gasteiger charge is 2.28. The Morgan fingerprint density at radius 1 is 1.00 bits per heavy atom. The van der Waals surface area contributed by atoms with Crippen molar-refractivity contribution in [1.29, 1.82) is 0 Å². The van der Waals surface area contributed by atoms with Crippen LogP contribution >= 0.6 is 11.8 Å². The molecule has 1 unspecified atom stereocenters. The van der Waals surface area contributed by atoms with Gasteiger partial charge in [0.2, 0.25) is 11.7 Å². The number of fused-ring (bicyclic) bond motifs is 3. The van der Waals surface area contributed by atoms with Crippen molar-refractivity contribution >= 4 is 34.3 Å². The molecular weight excluding hydrogens is 422 g/mol. The molecule has 0 saturated heterocycles. The lowest BCUT2D eigenvalue weighted by Crippen LogP contribution is -2.34. The molecule has 0 aliphatic heterocycles. The third-order valence-corrected chi connectivity index (χ3v) is 6.73. The van der Waals surface area contributed by atoms with Crippen LogP contribution in [0.4, 0.5) is 0 Å². The normalized spacial score (nSPS) is 12.3. The Morgan fingerprint density at radius 3 is 2.38 bits per heavy atom. The fourth-order valence-electron chi connectivity index (χ4n) is 3.93. The van der Waals surface area contributed by atoms with E-state index in [4.69, 9.17) is 0 Å². The predicted octanol–water partition coefficient (Wildman–Crippen LogP) is 4.16. The first-order valence-corrected chi connectivity index (χ1v) is 11.9. The number of rotatable bonds is 8. The van der Waals surface area contributed by atoms with Crippen LogP contribution in [0.3, 0.4) is 0 Å². The molecule has 32 heavy (non-hydrogen) atoms. The summed E-state index contributed by atoms with van der Waals surface area (Å²) in [5.74, 6) is 0.536. The van der Waals surface area contributed by atoms with Crippen LogP contribution in [0.25, 0.3) is 16.7 Å². The predicted molar refractivity (Wildman–Crippen MR) is 128 cm³/mol. The van der Waals surface area contributed by atoms with Crippen LogP contribution in [-0.2, 0) is 11.3 Å². The third kappa shape index (κ3) is 3.90. The molecule has 166 valence electrons. The summed E-state index contributed by atoms with van der Waals surface area (Å²) in [4.78, 5) is 28.4. The van der Waals surface area contributed by atoms with Gasteiger partial charge in [-0.15, -0.1) is 10.2 Å². The molecule has 0 aliphatic rings. The van der Waals surface area contributed by atoms with Gasteiger partial charge in [0.1, 0.15) is 5.25 Å². The smallest absolute Gasteiger partial charge is 0.262 e. The van der Waals surface area contributed by atoms with Crippen molar-refractivity contribution in [2.24, 2.45) is 0 Å². The van der Waals surface area contributed by atoms with Crippen LogP contribution in [0.5, 0.6) is 0 Å². The van der Waals surface area contributed by atoms with Crippen LogP contribution in [0.1, 0.15) is 38.0 Å². The average molecular weight is 450 g/mol. The highest BCUT2D eigenvalue weighted by Crippen LogP contribution is 2.36. The molecule has 0 bridgehead atoms. The first-order chi connectivity index (χ1) is 15.6. The molecule has 0 saturated carbocycles. The lowest BCUT2D eigenvalue weighted by atomic mass is 10.1. The van der Waals surface area contributed by atoms with Crippen molar-refractivity contribution < 1.29 is 4.79 Å². The van der Waals surface area contributed by atoms with Gasteiger partial charge in [0.15, 0.2) is 5.16 Å². The third-order valence-electron chi connectivity index (χ3n) is 5.55. The summed E-state index contributed by atoms with van der Waals surface area (Å²) in [6, 6.07) is 17.2. The largest absolute Gasteiger partial charge is 0.342 e. The number of para-hydroxylation sites is 1. The van der Waals surface area contributed by atoms with Crippen LogP contribution in [-0.4, -0.2) is 43.1 Å². The Morgan fingerprint density at radius 2 is 1.69 bits per heavy atom. The SMILES string of the molecule is CCCn1c(=O)c2ccccc2n2c(SC(C(=O)N(CC)CC)c3ccccc3)nnc12. The summed E-state index contributed by atoms with van der Waals surface area (Å²) in [6.07, 6.45) is 0.802. The molecule has 0 aliphatic carbocycles. The molecule has 0 radical (unpaired) electrons. The maximum atomic E-state index is 13.4. The quantitative estimate of drug-likeness (QED) is 0.378. The molecule has 0 spiro atoms. The van der Waals surface area contributed by atoms with E-state index in [-0.39, 0.29) is 11.5 Å². The van der Waals surface area contributed by atoms with Crippen molar-refractivity contribution in [2.45, 2.75) is 44.1 Å². The maximum Gasteiger partial charge on any atom is 0.262 e. The molecule has 4 rings (SSSR count). The zero-order valence-electron chi connectivity index (χ0n) is 18.6. The Labute approximate surface area is 191 Å². The second-order valence-corrected chi connectivity index (χ2v) is 8.58. The Balaban J connectivity index is 1.90. The van der Waals surface area contributed by atoms with Crippen molar-refractivity contribution in [3.63, 3.8) is 0 Å². The standard InChI is InChI=1S/C24H27N5O2S/c1-4-16-28-21(30)18-14-10-11-15-19(18)29-23(28)25-26-24(29)32-20(17-12-8-7-9-13-17)22(31)27(5-2)6-3/h7-15,20H,4-6,16H2,1-3H3. The van der Waals surface area contributed by atoms with E-state index >= 15 is 0 Å². The van der Waals surface area contributed by atoms with Gasteiger partial charge in [0, 0.05) is 19.6 Å². The summed E-state index contributed by atoms with van der Waals surface area (Å²) in [5.41, 5.74) is 1.59. The Kier molecular flexibility index (Phi) is 6.60. The summed E-state index contributed by atoms with van der Waals surface area (Å²) in [7, 11) is 0. The van der Waals surface area contributed by atoms with E-state index in [0.717, 1.165) is 17.5 Å². The molecule has 2 aromatic heterocycles. The van der Waals surface area contributed by atoms with E-state index in [1.54, 1.807) is 4.57 Å². The summed E-state index contributed by atoms with van der Waals surface area (Å²) in [5, 5.41) is 9.54. The lowest BCUT2D eigenvalue weighted by molar-refractivity contribution is -0.130. The van der Waals surface area contributed by atoms with Gasteiger partial charge in [-0.2, -0.15) is 0 Å². The number of aryl methyl sites for hydroxylation is 1. The van der Waals surface area contributed by atoms with Gasteiger partial charge in [-0.1, -0.05) is 61.2 Å². The number of likely N-dealkylation sites (N-methyl/N-ethyl adjacent to an activating group) is 1. The van der Waals surface area contributed by atoms with E-state index in [1.165, 1.54) is 11.8 Å². The molecule has 1 atom stereocenters. The van der Waals surface area contributed by atoms with E-state index in [2.05, 4.69) is 10.2 Å². The number of hydrogen-bond acceptors (Lipinski definition) is 5. The van der Waals surface area contributed by atoms with Gasteiger partial charge in [0.25, 0.3) is 5.56 Å². The minimum absolute atomic E-state index is 0.0362. The number of carbonyl (C=O) groups is 1. The molecule has 2 heterocycles. The lowest BCUT2D eigenvalue weighted by Gasteiger charge is -2.24. The van der Waals surface area contributed by atoms with Crippen molar-refractivity contribution in [2.75, 3.05) is 13.1 Å². The molecular formula is C24H27N5O2S. The van der Waals surface area contributed by atoms with Gasteiger partial charge in [-0.25, -0.2) is 0 Å². The van der Waals surface area contributed by atoms with Gasteiger partial charge in [-0.05, 0) is 38.0 Å². The van der Waals surface area contributed by atoms with Crippen LogP contribution in [0.15, 0.2) is 64.5 Å². The molecule has 0 N–H and O–H groups in total. The zero-order valence-corrected chi connectivity index (χ0v) is 19.4.